The van der Waals surface area contributed by atoms with Crippen molar-refractivity contribution in [3.05, 3.63) is 39.6 Å². The normalized spacial score (nSPS) is 10.8. The molecule has 2 aromatic rings. The van der Waals surface area contributed by atoms with E-state index in [1.165, 1.54) is 0 Å². The van der Waals surface area contributed by atoms with E-state index in [0.717, 1.165) is 0 Å². The van der Waals surface area contributed by atoms with Gasteiger partial charge in [0.05, 0.1) is 10.6 Å². The van der Waals surface area contributed by atoms with Crippen molar-refractivity contribution < 1.29 is 4.74 Å². The van der Waals surface area contributed by atoms with E-state index in [0.29, 0.717) is 38.9 Å². The molecule has 0 atom stereocenters. The van der Waals surface area contributed by atoms with Gasteiger partial charge in [0.1, 0.15) is 11.6 Å². The molecule has 0 radical (unpaired) electrons. The number of rotatable bonds is 4. The Labute approximate surface area is 133 Å². The molecule has 0 bridgehead atoms. The van der Waals surface area contributed by atoms with Gasteiger partial charge in [0.25, 0.3) is 0 Å². The lowest BCUT2D eigenvalue weighted by molar-refractivity contribution is 0.453. The molecule has 0 aliphatic carbocycles. The molecule has 0 aliphatic heterocycles. The maximum atomic E-state index is 6.11. The standard InChI is InChI=1S/C14H16Cl2N4O/c1-7(2)12-18-13(20-17)8(3)14(19-12)21-11-5-4-9(15)6-10(11)16/h4-7H,17H2,1-3H3,(H,18,19,20). The van der Waals surface area contributed by atoms with Crippen molar-refractivity contribution in [1.29, 1.82) is 0 Å². The Balaban J connectivity index is 2.45. The number of hydrogen-bond donors (Lipinski definition) is 2. The molecule has 1 aromatic carbocycles. The second kappa shape index (κ2) is 6.47. The summed E-state index contributed by atoms with van der Waals surface area (Å²) in [6, 6.07) is 5.00. The highest BCUT2D eigenvalue weighted by atomic mass is 35.5. The monoisotopic (exact) mass is 326 g/mol. The number of benzene rings is 1. The maximum absolute atomic E-state index is 6.11. The van der Waals surface area contributed by atoms with Crippen LogP contribution in [-0.4, -0.2) is 9.97 Å². The first kappa shape index (κ1) is 15.8. The molecule has 1 heterocycles. The van der Waals surface area contributed by atoms with Crippen LogP contribution in [0.3, 0.4) is 0 Å². The summed E-state index contributed by atoms with van der Waals surface area (Å²) in [5.74, 6) is 7.67. The van der Waals surface area contributed by atoms with Crippen LogP contribution in [0.5, 0.6) is 11.6 Å². The molecular formula is C14H16Cl2N4O. The number of nitrogens with zero attached hydrogens (tertiary/aromatic N) is 2. The molecule has 0 amide bonds. The van der Waals surface area contributed by atoms with Crippen molar-refractivity contribution in [3.63, 3.8) is 0 Å². The van der Waals surface area contributed by atoms with Gasteiger partial charge >= 0.3 is 0 Å². The first-order chi connectivity index (χ1) is 9.92. The fourth-order valence-electron chi connectivity index (χ4n) is 1.67. The zero-order valence-electron chi connectivity index (χ0n) is 11.9. The van der Waals surface area contributed by atoms with Crippen LogP contribution in [0.15, 0.2) is 18.2 Å². The van der Waals surface area contributed by atoms with E-state index in [9.17, 15) is 0 Å². The van der Waals surface area contributed by atoms with Gasteiger partial charge in [0.15, 0.2) is 5.82 Å². The van der Waals surface area contributed by atoms with Crippen molar-refractivity contribution in [2.24, 2.45) is 5.84 Å². The topological polar surface area (TPSA) is 73.1 Å². The van der Waals surface area contributed by atoms with Crippen LogP contribution in [0.2, 0.25) is 10.0 Å². The number of aromatic nitrogens is 2. The number of hydrogen-bond acceptors (Lipinski definition) is 5. The Kier molecular flexibility index (Phi) is 4.88. The fraction of sp³-hybridized carbons (Fsp3) is 0.286. The van der Waals surface area contributed by atoms with Crippen LogP contribution in [0.1, 0.15) is 31.2 Å². The molecule has 0 fully saturated rings. The van der Waals surface area contributed by atoms with Crippen molar-refractivity contribution in [1.82, 2.24) is 9.97 Å². The Morgan fingerprint density at radius 3 is 2.52 bits per heavy atom. The number of nitrogens with two attached hydrogens (primary N) is 1. The van der Waals surface area contributed by atoms with Crippen molar-refractivity contribution in [2.45, 2.75) is 26.7 Å². The molecule has 0 spiro atoms. The second-order valence-corrected chi connectivity index (χ2v) is 5.68. The summed E-state index contributed by atoms with van der Waals surface area (Å²) in [5.41, 5.74) is 3.26. The Hall–Kier alpha value is -1.56. The number of anilines is 1. The lowest BCUT2D eigenvalue weighted by atomic mass is 10.2. The molecule has 0 saturated heterocycles. The highest BCUT2D eigenvalue weighted by molar-refractivity contribution is 6.35. The van der Waals surface area contributed by atoms with Gasteiger partial charge in [-0.2, -0.15) is 4.98 Å². The van der Waals surface area contributed by atoms with Gasteiger partial charge in [-0.3, -0.25) is 0 Å². The molecule has 0 saturated carbocycles. The predicted molar refractivity (Wildman–Crippen MR) is 85.2 cm³/mol. The van der Waals surface area contributed by atoms with Crippen molar-refractivity contribution in [2.75, 3.05) is 5.43 Å². The SMILES string of the molecule is Cc1c(NN)nc(C(C)C)nc1Oc1ccc(Cl)cc1Cl. The van der Waals surface area contributed by atoms with Gasteiger partial charge in [-0.1, -0.05) is 37.0 Å². The molecule has 21 heavy (non-hydrogen) atoms. The third kappa shape index (κ3) is 3.56. The first-order valence-corrected chi connectivity index (χ1v) is 7.16. The minimum atomic E-state index is 0.140. The zero-order chi connectivity index (χ0) is 15.6. The van der Waals surface area contributed by atoms with Gasteiger partial charge < -0.3 is 10.2 Å². The summed E-state index contributed by atoms with van der Waals surface area (Å²) in [4.78, 5) is 8.77. The minimum absolute atomic E-state index is 0.140. The van der Waals surface area contributed by atoms with Crippen LogP contribution in [0, 0.1) is 6.92 Å². The Morgan fingerprint density at radius 2 is 1.95 bits per heavy atom. The van der Waals surface area contributed by atoms with Gasteiger partial charge in [-0.25, -0.2) is 10.8 Å². The highest BCUT2D eigenvalue weighted by Crippen LogP contribution is 2.34. The van der Waals surface area contributed by atoms with Gasteiger partial charge in [-0.05, 0) is 25.1 Å². The zero-order valence-corrected chi connectivity index (χ0v) is 13.5. The van der Waals surface area contributed by atoms with Gasteiger partial charge in [0, 0.05) is 10.9 Å². The number of hydrazine groups is 1. The van der Waals surface area contributed by atoms with Crippen LogP contribution < -0.4 is 16.0 Å². The van der Waals surface area contributed by atoms with Crippen molar-refractivity contribution >= 4 is 29.0 Å². The van der Waals surface area contributed by atoms with Crippen LogP contribution in [0.25, 0.3) is 0 Å². The Morgan fingerprint density at radius 1 is 1.24 bits per heavy atom. The third-order valence-corrected chi connectivity index (χ3v) is 3.40. The average molecular weight is 327 g/mol. The van der Waals surface area contributed by atoms with E-state index in [1.807, 2.05) is 20.8 Å². The summed E-state index contributed by atoms with van der Waals surface area (Å²) < 4.78 is 5.79. The molecule has 2 rings (SSSR count). The van der Waals surface area contributed by atoms with Crippen LogP contribution >= 0.6 is 23.2 Å². The number of nitrogens with one attached hydrogen (secondary N) is 1. The lowest BCUT2D eigenvalue weighted by Crippen LogP contribution is -2.13. The first-order valence-electron chi connectivity index (χ1n) is 6.40. The van der Waals surface area contributed by atoms with Crippen molar-refractivity contribution in [3.8, 4) is 11.6 Å². The molecule has 7 heteroatoms. The third-order valence-electron chi connectivity index (χ3n) is 2.87. The summed E-state index contributed by atoms with van der Waals surface area (Å²) in [6.45, 7) is 5.80. The Bertz CT molecular complexity index is 662. The highest BCUT2D eigenvalue weighted by Gasteiger charge is 2.15. The minimum Gasteiger partial charge on any atom is -0.437 e. The van der Waals surface area contributed by atoms with E-state index in [-0.39, 0.29) is 5.92 Å². The molecule has 112 valence electrons. The number of nitrogen functional groups attached to an aromatic ring is 1. The molecule has 5 nitrogen and oxygen atoms in total. The summed E-state index contributed by atoms with van der Waals surface area (Å²) in [6.07, 6.45) is 0. The molecule has 1 aromatic heterocycles. The predicted octanol–water partition coefficient (Wildman–Crippen LogP) is 4.29. The number of ether oxygens (including phenoxy) is 1. The van der Waals surface area contributed by atoms with E-state index in [4.69, 9.17) is 33.8 Å². The van der Waals surface area contributed by atoms with Crippen LogP contribution in [-0.2, 0) is 0 Å². The average Bonchev–Trinajstić information content (AvgIpc) is 2.43. The summed E-state index contributed by atoms with van der Waals surface area (Å²) in [7, 11) is 0. The lowest BCUT2D eigenvalue weighted by Gasteiger charge is -2.14. The van der Waals surface area contributed by atoms with Gasteiger partial charge in [0.2, 0.25) is 5.88 Å². The molecule has 0 aliphatic rings. The number of halogens is 2. The van der Waals surface area contributed by atoms with E-state index >= 15 is 0 Å². The molecular weight excluding hydrogens is 311 g/mol. The quantitative estimate of drug-likeness (QED) is 0.647. The van der Waals surface area contributed by atoms with E-state index in [1.54, 1.807) is 18.2 Å². The van der Waals surface area contributed by atoms with Crippen LogP contribution in [0.4, 0.5) is 5.82 Å². The summed E-state index contributed by atoms with van der Waals surface area (Å²) >= 11 is 12.0. The molecule has 3 N–H and O–H groups in total. The van der Waals surface area contributed by atoms with E-state index < -0.39 is 0 Å². The van der Waals surface area contributed by atoms with Gasteiger partial charge in [-0.15, -0.1) is 0 Å². The molecule has 0 unspecified atom stereocenters. The summed E-state index contributed by atoms with van der Waals surface area (Å²) in [5, 5.41) is 0.952. The second-order valence-electron chi connectivity index (χ2n) is 4.84. The maximum Gasteiger partial charge on any atom is 0.227 e. The van der Waals surface area contributed by atoms with E-state index in [2.05, 4.69) is 15.4 Å². The smallest absolute Gasteiger partial charge is 0.227 e. The largest absolute Gasteiger partial charge is 0.437 e. The fourth-order valence-corrected chi connectivity index (χ4v) is 2.12.